The molecule has 42 heavy (non-hydrogen) atoms. The minimum Gasteiger partial charge on any atom is -0.456 e. The lowest BCUT2D eigenvalue weighted by molar-refractivity contribution is -0.193. The molecule has 232 valence electrons. The van der Waals surface area contributed by atoms with Gasteiger partial charge in [-0.1, -0.05) is 6.08 Å². The summed E-state index contributed by atoms with van der Waals surface area (Å²) in [7, 11) is 0. The minimum absolute atomic E-state index is 0.106. The highest BCUT2D eigenvalue weighted by atomic mass is 19.4. The number of nitrogens with zero attached hydrogens (tertiary/aromatic N) is 1. The largest absolute Gasteiger partial charge is 0.456 e. The molecule has 1 fully saturated rings. The molecule has 1 aromatic carbocycles. The molecular weight excluding hydrogens is 559 g/mol. The Morgan fingerprint density at radius 1 is 1.12 bits per heavy atom. The van der Waals surface area contributed by atoms with E-state index in [0.29, 0.717) is 11.5 Å². The van der Waals surface area contributed by atoms with Gasteiger partial charge in [-0.2, -0.15) is 13.2 Å². The number of carbonyl (C=O) groups is 2. The van der Waals surface area contributed by atoms with Gasteiger partial charge in [0.25, 0.3) is 0 Å². The van der Waals surface area contributed by atoms with Crippen LogP contribution in [0.2, 0.25) is 0 Å². The number of carbonyl (C=O) groups excluding carboxylic acids is 2. The smallest absolute Gasteiger partial charge is 0.422 e. The number of alkyl halides is 3. The van der Waals surface area contributed by atoms with Gasteiger partial charge < -0.3 is 29.2 Å². The van der Waals surface area contributed by atoms with Crippen LogP contribution < -0.4 is 9.47 Å². The molecule has 0 amide bonds. The molecule has 1 aliphatic carbocycles. The zero-order valence-corrected chi connectivity index (χ0v) is 24.1. The van der Waals surface area contributed by atoms with Crippen molar-refractivity contribution in [2.45, 2.75) is 101 Å². The predicted molar refractivity (Wildman–Crippen MR) is 143 cm³/mol. The summed E-state index contributed by atoms with van der Waals surface area (Å²) >= 11 is 0. The van der Waals surface area contributed by atoms with Crippen LogP contribution in [0.4, 0.5) is 13.2 Å². The van der Waals surface area contributed by atoms with Crippen LogP contribution in [0.3, 0.4) is 0 Å². The van der Waals surface area contributed by atoms with Crippen molar-refractivity contribution in [2.24, 2.45) is 0 Å². The van der Waals surface area contributed by atoms with Gasteiger partial charge in [0.15, 0.2) is 23.7 Å². The lowest BCUT2D eigenvalue weighted by Crippen LogP contribution is -2.49. The molecule has 1 spiro atoms. The Hall–Kier alpha value is -2.83. The maximum absolute atomic E-state index is 13.8. The molecular formula is C30H38F3NO8. The Morgan fingerprint density at radius 2 is 1.83 bits per heavy atom. The van der Waals surface area contributed by atoms with Crippen LogP contribution in [-0.2, 0) is 25.5 Å². The summed E-state index contributed by atoms with van der Waals surface area (Å²) in [5.41, 5.74) is -1.24. The number of aliphatic hydroxyl groups is 2. The van der Waals surface area contributed by atoms with Gasteiger partial charge in [-0.05, 0) is 94.7 Å². The average Bonchev–Trinajstić information content (AvgIpc) is 3.55. The van der Waals surface area contributed by atoms with Crippen LogP contribution in [0.1, 0.15) is 76.3 Å². The molecule has 3 aliphatic heterocycles. The standard InChI is InChI=1S/C30H38F3NO8/c1-18-14-28-8-5-10-34(28)11-6-19-12-21-22(41-17-40-21)13-20(19)24(28)25(18)42-26(36)29(38,9-4-7-27(2,3)37)15-23(35)39-16-30(31,32)33/h12-14,24-25,37-38H,4-11,15-17H2,1-3H3/t24-,25?,28+,29-/m1/s1. The summed E-state index contributed by atoms with van der Waals surface area (Å²) in [6.07, 6.45) is -1.95. The predicted octanol–water partition coefficient (Wildman–Crippen LogP) is 3.93. The Labute approximate surface area is 242 Å². The van der Waals surface area contributed by atoms with Crippen LogP contribution in [0.5, 0.6) is 11.5 Å². The van der Waals surface area contributed by atoms with Crippen molar-refractivity contribution in [3.05, 3.63) is 34.9 Å². The Kier molecular flexibility index (Phi) is 8.04. The van der Waals surface area contributed by atoms with Gasteiger partial charge in [-0.25, -0.2) is 4.79 Å². The van der Waals surface area contributed by atoms with Gasteiger partial charge in [-0.15, -0.1) is 0 Å². The van der Waals surface area contributed by atoms with E-state index in [2.05, 4.69) is 15.7 Å². The second-order valence-electron chi connectivity index (χ2n) is 12.6. The zero-order chi connectivity index (χ0) is 30.5. The van der Waals surface area contributed by atoms with Crippen molar-refractivity contribution in [3.8, 4) is 11.5 Å². The molecule has 4 aliphatic rings. The van der Waals surface area contributed by atoms with E-state index in [1.807, 2.05) is 19.1 Å². The summed E-state index contributed by atoms with van der Waals surface area (Å²) in [6, 6.07) is 3.90. The fourth-order valence-electron chi connectivity index (χ4n) is 6.95. The molecule has 1 unspecified atom stereocenters. The third-order valence-corrected chi connectivity index (χ3v) is 8.81. The van der Waals surface area contributed by atoms with E-state index >= 15 is 0 Å². The topological polar surface area (TPSA) is 115 Å². The van der Waals surface area contributed by atoms with Gasteiger partial charge >= 0.3 is 18.1 Å². The fourth-order valence-corrected chi connectivity index (χ4v) is 6.95. The third-order valence-electron chi connectivity index (χ3n) is 8.81. The molecule has 0 bridgehead atoms. The van der Waals surface area contributed by atoms with Gasteiger partial charge in [0.1, 0.15) is 6.10 Å². The van der Waals surface area contributed by atoms with Gasteiger partial charge in [0.2, 0.25) is 6.79 Å². The molecule has 0 radical (unpaired) electrons. The maximum Gasteiger partial charge on any atom is 0.422 e. The van der Waals surface area contributed by atoms with E-state index in [1.165, 1.54) is 0 Å². The van der Waals surface area contributed by atoms with Crippen LogP contribution >= 0.6 is 0 Å². The zero-order valence-electron chi connectivity index (χ0n) is 24.1. The number of hydrogen-bond acceptors (Lipinski definition) is 9. The number of halogens is 3. The van der Waals surface area contributed by atoms with Crippen molar-refractivity contribution in [3.63, 3.8) is 0 Å². The fraction of sp³-hybridized carbons (Fsp3) is 0.667. The van der Waals surface area contributed by atoms with Gasteiger partial charge in [0, 0.05) is 12.5 Å². The first-order chi connectivity index (χ1) is 19.6. The molecule has 1 saturated heterocycles. The van der Waals surface area contributed by atoms with Gasteiger partial charge in [0.05, 0.1) is 17.6 Å². The van der Waals surface area contributed by atoms with E-state index in [1.54, 1.807) is 13.8 Å². The lowest BCUT2D eigenvalue weighted by atomic mass is 9.77. The van der Waals surface area contributed by atoms with E-state index in [9.17, 15) is 33.0 Å². The third kappa shape index (κ3) is 6.12. The lowest BCUT2D eigenvalue weighted by Gasteiger charge is -2.40. The first-order valence-corrected chi connectivity index (χ1v) is 14.4. The molecule has 4 atom stereocenters. The summed E-state index contributed by atoms with van der Waals surface area (Å²) < 4.78 is 59.7. The quantitative estimate of drug-likeness (QED) is 0.323. The van der Waals surface area contributed by atoms with Crippen LogP contribution in [-0.4, -0.2) is 82.6 Å². The summed E-state index contributed by atoms with van der Waals surface area (Å²) in [6.45, 7) is 4.89. The molecule has 12 heteroatoms. The first kappa shape index (κ1) is 30.6. The molecule has 2 N–H and O–H groups in total. The molecule has 0 saturated carbocycles. The number of rotatable bonds is 9. The van der Waals surface area contributed by atoms with E-state index < -0.39 is 54.0 Å². The number of ether oxygens (including phenoxy) is 4. The highest BCUT2D eigenvalue weighted by molar-refractivity contribution is 5.86. The second kappa shape index (κ2) is 11.0. The van der Waals surface area contributed by atoms with E-state index in [0.717, 1.165) is 49.1 Å². The first-order valence-electron chi connectivity index (χ1n) is 14.4. The van der Waals surface area contributed by atoms with Crippen LogP contribution in [0.25, 0.3) is 0 Å². The number of esters is 2. The summed E-state index contributed by atoms with van der Waals surface area (Å²) in [5, 5.41) is 21.6. The second-order valence-corrected chi connectivity index (χ2v) is 12.6. The molecule has 1 aromatic rings. The molecule has 3 heterocycles. The normalized spacial score (nSPS) is 26.4. The SMILES string of the molecule is CC1=C[C@]23CCCN2CCc2cc4c(cc2[C@@H]3C1OC(=O)[C@@](O)(CCCC(C)(C)O)CC(=O)OCC(F)(F)F)OCO4. The maximum atomic E-state index is 13.8. The summed E-state index contributed by atoms with van der Waals surface area (Å²) in [4.78, 5) is 28.5. The van der Waals surface area contributed by atoms with Crippen LogP contribution in [0, 0.1) is 0 Å². The summed E-state index contributed by atoms with van der Waals surface area (Å²) in [5.74, 6) is -1.58. The number of hydrogen-bond donors (Lipinski definition) is 2. The Morgan fingerprint density at radius 3 is 2.52 bits per heavy atom. The Bertz CT molecular complexity index is 1260. The van der Waals surface area contributed by atoms with E-state index in [4.69, 9.17) is 14.2 Å². The van der Waals surface area contributed by atoms with Gasteiger partial charge in [-0.3, -0.25) is 9.69 Å². The monoisotopic (exact) mass is 597 g/mol. The average molecular weight is 598 g/mol. The number of fused-ring (bicyclic) bond motifs is 3. The van der Waals surface area contributed by atoms with Crippen molar-refractivity contribution >= 4 is 11.9 Å². The van der Waals surface area contributed by atoms with Crippen LogP contribution in [0.15, 0.2) is 23.8 Å². The van der Waals surface area contributed by atoms with E-state index in [-0.39, 0.29) is 32.0 Å². The van der Waals surface area contributed by atoms with Crippen molar-refractivity contribution in [1.82, 2.24) is 4.90 Å². The Balaban J connectivity index is 1.44. The van der Waals surface area contributed by atoms with Crippen molar-refractivity contribution in [1.29, 1.82) is 0 Å². The molecule has 0 aromatic heterocycles. The highest BCUT2D eigenvalue weighted by Crippen LogP contribution is 2.55. The van der Waals surface area contributed by atoms with Crippen molar-refractivity contribution < 1.29 is 51.9 Å². The molecule has 9 nitrogen and oxygen atoms in total. The van der Waals surface area contributed by atoms with Crippen molar-refractivity contribution in [2.75, 3.05) is 26.5 Å². The minimum atomic E-state index is -4.76. The number of benzene rings is 1. The highest BCUT2D eigenvalue weighted by Gasteiger charge is 2.57. The molecule has 5 rings (SSSR count).